The van der Waals surface area contributed by atoms with Gasteiger partial charge < -0.3 is 5.11 Å². The van der Waals surface area contributed by atoms with Crippen LogP contribution in [0, 0.1) is 5.92 Å². The predicted octanol–water partition coefficient (Wildman–Crippen LogP) is 2.24. The second-order valence-electron chi connectivity index (χ2n) is 5.35. The highest BCUT2D eigenvalue weighted by Gasteiger charge is 2.41. The molecule has 19 heavy (non-hydrogen) atoms. The normalized spacial score (nSPS) is 31.6. The number of nitrogens with zero attached hydrogens (tertiary/aromatic N) is 1. The molecule has 0 aliphatic carbocycles. The summed E-state index contributed by atoms with van der Waals surface area (Å²) in [5, 5.41) is 8.80. The van der Waals surface area contributed by atoms with Gasteiger partial charge in [0.25, 0.3) is 0 Å². The van der Waals surface area contributed by atoms with Gasteiger partial charge in [0, 0.05) is 25.0 Å². The number of halogens is 3. The lowest BCUT2D eigenvalue weighted by Gasteiger charge is -2.38. The van der Waals surface area contributed by atoms with Gasteiger partial charge in [0.15, 0.2) is 0 Å². The Balaban J connectivity index is 1.80. The van der Waals surface area contributed by atoms with Crippen LogP contribution in [0.3, 0.4) is 0 Å². The monoisotopic (exact) mass is 281 g/mol. The Kier molecular flexibility index (Phi) is 4.35. The van der Waals surface area contributed by atoms with Crippen LogP contribution < -0.4 is 0 Å². The maximum atomic E-state index is 11.9. The molecule has 2 saturated heterocycles. The zero-order valence-corrected chi connectivity index (χ0v) is 10.5. The van der Waals surface area contributed by atoms with Crippen molar-refractivity contribution in [2.75, 3.05) is 13.2 Å². The van der Waals surface area contributed by atoms with Crippen molar-refractivity contribution in [3.05, 3.63) is 0 Å². The summed E-state index contributed by atoms with van der Waals surface area (Å²) in [4.78, 5) is 12.8. The van der Waals surface area contributed by atoms with E-state index in [1.807, 2.05) is 0 Å². The van der Waals surface area contributed by atoms with E-state index in [1.54, 1.807) is 0 Å². The van der Waals surface area contributed by atoms with E-state index in [-0.39, 0.29) is 37.6 Å². The molecule has 0 saturated carbocycles. The Morgan fingerprint density at radius 2 is 1.84 bits per heavy atom. The lowest BCUT2D eigenvalue weighted by atomic mass is 9.88. The summed E-state index contributed by atoms with van der Waals surface area (Å²) in [5.41, 5.74) is 0. The second-order valence-corrected chi connectivity index (χ2v) is 5.35. The third-order valence-electron chi connectivity index (χ3n) is 4.06. The Morgan fingerprint density at radius 3 is 2.32 bits per heavy atom. The van der Waals surface area contributed by atoms with Gasteiger partial charge in [-0.3, -0.25) is 14.4 Å². The van der Waals surface area contributed by atoms with Crippen molar-refractivity contribution in [2.45, 2.75) is 50.6 Å². The first-order chi connectivity index (χ1) is 8.85. The molecule has 1 N–H and O–H groups in total. The maximum Gasteiger partial charge on any atom is 0.522 e. The van der Waals surface area contributed by atoms with E-state index < -0.39 is 12.3 Å². The van der Waals surface area contributed by atoms with Crippen molar-refractivity contribution >= 4 is 5.97 Å². The first kappa shape index (κ1) is 14.6. The van der Waals surface area contributed by atoms with Gasteiger partial charge in [0.2, 0.25) is 0 Å². The number of carboxylic acid groups (broad SMARTS) is 1. The molecular weight excluding hydrogens is 263 g/mol. The SMILES string of the molecule is O=C(O)CC1CC2CCC(C1)N2CCOC(F)(F)F. The smallest absolute Gasteiger partial charge is 0.481 e. The molecule has 7 heteroatoms. The summed E-state index contributed by atoms with van der Waals surface area (Å²) in [5.74, 6) is -0.631. The Labute approximate surface area is 109 Å². The van der Waals surface area contributed by atoms with E-state index in [1.165, 1.54) is 0 Å². The number of hydrogen-bond donors (Lipinski definition) is 1. The minimum absolute atomic E-state index is 0.162. The molecule has 0 aromatic rings. The molecule has 0 spiro atoms. The summed E-state index contributed by atoms with van der Waals surface area (Å²) in [7, 11) is 0. The molecule has 0 aromatic carbocycles. The summed E-state index contributed by atoms with van der Waals surface area (Å²) >= 11 is 0. The number of hydrogen-bond acceptors (Lipinski definition) is 3. The molecule has 2 aliphatic rings. The van der Waals surface area contributed by atoms with Crippen LogP contribution in [-0.2, 0) is 9.53 Å². The molecule has 4 nitrogen and oxygen atoms in total. The van der Waals surface area contributed by atoms with E-state index in [2.05, 4.69) is 9.64 Å². The lowest BCUT2D eigenvalue weighted by Crippen LogP contribution is -2.45. The van der Waals surface area contributed by atoms with Gasteiger partial charge in [-0.25, -0.2) is 0 Å². The number of rotatable bonds is 5. The van der Waals surface area contributed by atoms with Crippen LogP contribution in [-0.4, -0.2) is 47.6 Å². The highest BCUT2D eigenvalue weighted by molar-refractivity contribution is 5.67. The molecule has 2 fully saturated rings. The largest absolute Gasteiger partial charge is 0.522 e. The fraction of sp³-hybridized carbons (Fsp3) is 0.917. The first-order valence-electron chi connectivity index (χ1n) is 6.53. The average molecular weight is 281 g/mol. The van der Waals surface area contributed by atoms with E-state index in [9.17, 15) is 18.0 Å². The third kappa shape index (κ3) is 4.07. The molecule has 2 rings (SSSR count). The average Bonchev–Trinajstić information content (AvgIpc) is 2.51. The van der Waals surface area contributed by atoms with Crippen LogP contribution in [0.4, 0.5) is 13.2 Å². The van der Waals surface area contributed by atoms with Crippen molar-refractivity contribution in [1.29, 1.82) is 0 Å². The van der Waals surface area contributed by atoms with Gasteiger partial charge in [-0.1, -0.05) is 0 Å². The van der Waals surface area contributed by atoms with Crippen molar-refractivity contribution < 1.29 is 27.8 Å². The number of ether oxygens (including phenoxy) is 1. The number of fused-ring (bicyclic) bond motifs is 2. The lowest BCUT2D eigenvalue weighted by molar-refractivity contribution is -0.325. The van der Waals surface area contributed by atoms with Gasteiger partial charge in [0.05, 0.1) is 6.61 Å². The summed E-state index contributed by atoms with van der Waals surface area (Å²) in [6.07, 6.45) is -0.955. The fourth-order valence-corrected chi connectivity index (χ4v) is 3.43. The zero-order chi connectivity index (χ0) is 14.0. The molecule has 2 aliphatic heterocycles. The molecule has 0 amide bonds. The number of carbonyl (C=O) groups is 1. The Bertz CT molecular complexity index is 321. The van der Waals surface area contributed by atoms with E-state index in [4.69, 9.17) is 5.11 Å². The van der Waals surface area contributed by atoms with Crippen LogP contribution in [0.25, 0.3) is 0 Å². The van der Waals surface area contributed by atoms with Crippen molar-refractivity contribution in [3.63, 3.8) is 0 Å². The third-order valence-corrected chi connectivity index (χ3v) is 4.06. The van der Waals surface area contributed by atoms with Crippen molar-refractivity contribution in [1.82, 2.24) is 4.90 Å². The molecule has 0 radical (unpaired) electrons. The Morgan fingerprint density at radius 1 is 1.26 bits per heavy atom. The van der Waals surface area contributed by atoms with E-state index in [0.29, 0.717) is 0 Å². The topological polar surface area (TPSA) is 49.8 Å². The maximum absolute atomic E-state index is 11.9. The van der Waals surface area contributed by atoms with Gasteiger partial charge in [-0.05, 0) is 31.6 Å². The first-order valence-corrected chi connectivity index (χ1v) is 6.53. The number of alkyl halides is 3. The van der Waals surface area contributed by atoms with E-state index >= 15 is 0 Å². The van der Waals surface area contributed by atoms with Crippen molar-refractivity contribution in [2.24, 2.45) is 5.92 Å². The molecule has 2 unspecified atom stereocenters. The predicted molar refractivity (Wildman–Crippen MR) is 60.5 cm³/mol. The van der Waals surface area contributed by atoms with Crippen LogP contribution in [0.5, 0.6) is 0 Å². The fourth-order valence-electron chi connectivity index (χ4n) is 3.43. The van der Waals surface area contributed by atoms with Gasteiger partial charge >= 0.3 is 12.3 Å². The molecule has 2 atom stereocenters. The summed E-state index contributed by atoms with van der Waals surface area (Å²) < 4.78 is 39.6. The van der Waals surface area contributed by atoms with E-state index in [0.717, 1.165) is 25.7 Å². The van der Waals surface area contributed by atoms with Gasteiger partial charge in [-0.15, -0.1) is 13.2 Å². The number of aliphatic carboxylic acids is 1. The zero-order valence-electron chi connectivity index (χ0n) is 10.5. The number of piperidine rings is 1. The standard InChI is InChI=1S/C12H18F3NO3/c13-12(14,15)19-4-3-16-9-1-2-10(16)6-8(5-9)7-11(17)18/h8-10H,1-7H2,(H,17,18). The van der Waals surface area contributed by atoms with Crippen LogP contribution in [0.2, 0.25) is 0 Å². The highest BCUT2D eigenvalue weighted by atomic mass is 19.4. The number of carboxylic acids is 1. The molecular formula is C12H18F3NO3. The second kappa shape index (κ2) is 5.66. The molecule has 2 heterocycles. The van der Waals surface area contributed by atoms with Crippen LogP contribution in [0.15, 0.2) is 0 Å². The molecule has 110 valence electrons. The quantitative estimate of drug-likeness (QED) is 0.839. The molecule has 0 aromatic heterocycles. The minimum atomic E-state index is -4.57. The minimum Gasteiger partial charge on any atom is -0.481 e. The van der Waals surface area contributed by atoms with Crippen LogP contribution >= 0.6 is 0 Å². The van der Waals surface area contributed by atoms with Crippen LogP contribution in [0.1, 0.15) is 32.1 Å². The van der Waals surface area contributed by atoms with Gasteiger partial charge in [0.1, 0.15) is 0 Å². The molecule has 2 bridgehead atoms. The van der Waals surface area contributed by atoms with Crippen molar-refractivity contribution in [3.8, 4) is 0 Å². The van der Waals surface area contributed by atoms with Gasteiger partial charge in [-0.2, -0.15) is 0 Å². The Hall–Kier alpha value is -0.820. The summed E-state index contributed by atoms with van der Waals surface area (Å²) in [6.45, 7) is -0.0747. The highest BCUT2D eigenvalue weighted by Crippen LogP contribution is 2.39. The summed E-state index contributed by atoms with van der Waals surface area (Å²) in [6, 6.07) is 0.444.